The van der Waals surface area contributed by atoms with Crippen molar-refractivity contribution in [1.82, 2.24) is 20.5 Å². The predicted octanol–water partition coefficient (Wildman–Crippen LogP) is 4.15. The van der Waals surface area contributed by atoms with Gasteiger partial charge in [0.15, 0.2) is 5.96 Å². The van der Waals surface area contributed by atoms with Gasteiger partial charge in [0.25, 0.3) is 0 Å². The summed E-state index contributed by atoms with van der Waals surface area (Å²) in [6, 6.07) is 14.9. The molecule has 1 aromatic heterocycles. The molecule has 4 rings (SSSR count). The van der Waals surface area contributed by atoms with Gasteiger partial charge >= 0.3 is 0 Å². The molecule has 1 saturated heterocycles. The number of fused-ring (bicyclic) bond motifs is 1. The molecule has 1 aliphatic heterocycles. The number of H-pyrrole nitrogens is 1. The van der Waals surface area contributed by atoms with Gasteiger partial charge in [-0.1, -0.05) is 49.4 Å². The molecule has 1 amide bonds. The van der Waals surface area contributed by atoms with Crippen molar-refractivity contribution < 1.29 is 4.79 Å². The number of aromatic nitrogens is 1. The Hall–Kier alpha value is -3.28. The first-order valence-electron chi connectivity index (χ1n) is 12.1. The van der Waals surface area contributed by atoms with Crippen molar-refractivity contribution in [2.24, 2.45) is 4.99 Å². The molecule has 33 heavy (non-hydrogen) atoms. The van der Waals surface area contributed by atoms with Crippen LogP contribution in [-0.4, -0.2) is 41.4 Å². The highest BCUT2D eigenvalue weighted by molar-refractivity contribution is 5.86. The maximum Gasteiger partial charge on any atom is 0.222 e. The highest BCUT2D eigenvalue weighted by atomic mass is 16.2. The monoisotopic (exact) mass is 445 g/mol. The lowest BCUT2D eigenvalue weighted by molar-refractivity contribution is -0.128. The first-order chi connectivity index (χ1) is 16.2. The molecule has 0 spiro atoms. The molecule has 1 fully saturated rings. The van der Waals surface area contributed by atoms with Crippen LogP contribution in [0.4, 0.5) is 0 Å². The quantitative estimate of drug-likeness (QED) is 0.342. The van der Waals surface area contributed by atoms with Crippen LogP contribution in [0, 0.1) is 0 Å². The van der Waals surface area contributed by atoms with E-state index in [1.165, 1.54) is 27.6 Å². The zero-order chi connectivity index (χ0) is 23.0. The summed E-state index contributed by atoms with van der Waals surface area (Å²) in [6.45, 7) is 8.06. The molecule has 0 bridgehead atoms. The number of likely N-dealkylation sites (tertiary alicyclic amines) is 1. The van der Waals surface area contributed by atoms with Crippen molar-refractivity contribution in [1.29, 1.82) is 0 Å². The summed E-state index contributed by atoms with van der Waals surface area (Å²) in [4.78, 5) is 22.1. The van der Waals surface area contributed by atoms with Gasteiger partial charge in [0, 0.05) is 49.7 Å². The van der Waals surface area contributed by atoms with E-state index in [0.717, 1.165) is 50.4 Å². The average molecular weight is 446 g/mol. The summed E-state index contributed by atoms with van der Waals surface area (Å²) in [5, 5.41) is 8.13. The lowest BCUT2D eigenvalue weighted by Gasteiger charge is -2.16. The van der Waals surface area contributed by atoms with Crippen molar-refractivity contribution in [3.63, 3.8) is 0 Å². The first-order valence-corrected chi connectivity index (χ1v) is 12.1. The van der Waals surface area contributed by atoms with Crippen LogP contribution >= 0.6 is 0 Å². The minimum atomic E-state index is 0.262. The van der Waals surface area contributed by atoms with E-state index < -0.39 is 0 Å². The van der Waals surface area contributed by atoms with Gasteiger partial charge in [-0.3, -0.25) is 4.79 Å². The highest BCUT2D eigenvalue weighted by Gasteiger charge is 2.19. The topological polar surface area (TPSA) is 72.5 Å². The minimum absolute atomic E-state index is 0.262. The Labute approximate surface area is 196 Å². The molecule has 2 aromatic carbocycles. The summed E-state index contributed by atoms with van der Waals surface area (Å²) in [6.07, 6.45) is 5.74. The maximum absolute atomic E-state index is 11.9. The SMILES string of the molecule is CCNC(=NCc1cccc(CN2CCCC2=O)c1)NCCc1c[nH]c2c(CC)cccc12. The Morgan fingerprint density at radius 1 is 1.09 bits per heavy atom. The molecule has 1 aliphatic rings. The van der Waals surface area contributed by atoms with E-state index in [0.29, 0.717) is 19.5 Å². The normalized spacial score (nSPS) is 14.3. The Bertz CT molecular complexity index is 1120. The van der Waals surface area contributed by atoms with Gasteiger partial charge in [-0.25, -0.2) is 4.99 Å². The molecule has 0 aliphatic carbocycles. The second kappa shape index (κ2) is 11.0. The Kier molecular flexibility index (Phi) is 7.66. The number of nitrogens with one attached hydrogen (secondary N) is 3. The largest absolute Gasteiger partial charge is 0.361 e. The number of carbonyl (C=O) groups is 1. The molecule has 6 heteroatoms. The molecule has 174 valence electrons. The first kappa shape index (κ1) is 22.9. The molecule has 3 aromatic rings. The highest BCUT2D eigenvalue weighted by Crippen LogP contribution is 2.22. The zero-order valence-electron chi connectivity index (χ0n) is 19.8. The van der Waals surface area contributed by atoms with E-state index in [1.807, 2.05) is 4.90 Å². The number of benzene rings is 2. The van der Waals surface area contributed by atoms with E-state index in [9.17, 15) is 4.79 Å². The van der Waals surface area contributed by atoms with Crippen LogP contribution in [-0.2, 0) is 30.7 Å². The van der Waals surface area contributed by atoms with Crippen molar-refractivity contribution >= 4 is 22.8 Å². The van der Waals surface area contributed by atoms with Gasteiger partial charge in [0.2, 0.25) is 5.91 Å². The van der Waals surface area contributed by atoms with Crippen molar-refractivity contribution in [3.05, 3.63) is 70.9 Å². The zero-order valence-corrected chi connectivity index (χ0v) is 19.8. The number of rotatable bonds is 9. The molecule has 0 saturated carbocycles. The fraction of sp³-hybridized carbons (Fsp3) is 0.407. The summed E-state index contributed by atoms with van der Waals surface area (Å²) < 4.78 is 0. The Morgan fingerprint density at radius 2 is 1.94 bits per heavy atom. The lowest BCUT2D eigenvalue weighted by atomic mass is 10.1. The number of guanidine groups is 1. The molecule has 3 N–H and O–H groups in total. The number of aliphatic imine (C=N–C) groups is 1. The molecule has 0 atom stereocenters. The fourth-order valence-corrected chi connectivity index (χ4v) is 4.52. The van der Waals surface area contributed by atoms with Crippen molar-refractivity contribution in [3.8, 4) is 0 Å². The molecule has 2 heterocycles. The van der Waals surface area contributed by atoms with Gasteiger partial charge in [0.1, 0.15) is 0 Å². The lowest BCUT2D eigenvalue weighted by Crippen LogP contribution is -2.38. The van der Waals surface area contributed by atoms with Crippen LogP contribution in [0.5, 0.6) is 0 Å². The number of amides is 1. The van der Waals surface area contributed by atoms with Gasteiger partial charge in [0.05, 0.1) is 6.54 Å². The third-order valence-corrected chi connectivity index (χ3v) is 6.26. The number of hydrogen-bond donors (Lipinski definition) is 3. The van der Waals surface area contributed by atoms with Crippen LogP contribution in [0.25, 0.3) is 10.9 Å². The van der Waals surface area contributed by atoms with E-state index in [1.54, 1.807) is 0 Å². The smallest absolute Gasteiger partial charge is 0.222 e. The van der Waals surface area contributed by atoms with E-state index in [2.05, 4.69) is 78.1 Å². The summed E-state index contributed by atoms with van der Waals surface area (Å²) in [5.41, 5.74) is 6.26. The Morgan fingerprint density at radius 3 is 2.73 bits per heavy atom. The van der Waals surface area contributed by atoms with Crippen LogP contribution in [0.3, 0.4) is 0 Å². The number of para-hydroxylation sites is 1. The molecule has 0 unspecified atom stereocenters. The number of nitrogens with zero attached hydrogens (tertiary/aromatic N) is 2. The molecular formula is C27H35N5O. The van der Waals surface area contributed by atoms with Gasteiger partial charge < -0.3 is 20.5 Å². The van der Waals surface area contributed by atoms with Crippen LogP contribution in [0.15, 0.2) is 53.7 Å². The summed E-state index contributed by atoms with van der Waals surface area (Å²) in [5.74, 6) is 1.09. The number of aromatic amines is 1. The van der Waals surface area contributed by atoms with Crippen LogP contribution in [0.2, 0.25) is 0 Å². The molecule has 6 nitrogen and oxygen atoms in total. The Balaban J connectivity index is 1.35. The number of aryl methyl sites for hydroxylation is 1. The van der Waals surface area contributed by atoms with E-state index >= 15 is 0 Å². The predicted molar refractivity (Wildman–Crippen MR) is 135 cm³/mol. The van der Waals surface area contributed by atoms with Crippen molar-refractivity contribution in [2.75, 3.05) is 19.6 Å². The van der Waals surface area contributed by atoms with Crippen molar-refractivity contribution in [2.45, 2.75) is 52.6 Å². The van der Waals surface area contributed by atoms with Crippen LogP contribution in [0.1, 0.15) is 48.9 Å². The minimum Gasteiger partial charge on any atom is -0.361 e. The summed E-state index contributed by atoms with van der Waals surface area (Å²) in [7, 11) is 0. The molecular weight excluding hydrogens is 410 g/mol. The van der Waals surface area contributed by atoms with Gasteiger partial charge in [-0.15, -0.1) is 0 Å². The average Bonchev–Trinajstić information content (AvgIpc) is 3.43. The maximum atomic E-state index is 11.9. The standard InChI is InChI=1S/C27H35N5O/c1-3-22-10-6-11-24-23(18-30-26(22)24)13-14-29-27(28-4-2)31-17-20-8-5-9-21(16-20)19-32-15-7-12-25(32)33/h5-6,8-11,16,18,30H,3-4,7,12-15,17,19H2,1-2H3,(H2,28,29,31). The fourth-order valence-electron chi connectivity index (χ4n) is 4.52. The summed E-state index contributed by atoms with van der Waals surface area (Å²) >= 11 is 0. The second-order valence-corrected chi connectivity index (χ2v) is 8.62. The van der Waals surface area contributed by atoms with Crippen LogP contribution < -0.4 is 10.6 Å². The number of carbonyl (C=O) groups excluding carboxylic acids is 1. The molecule has 0 radical (unpaired) electrons. The van der Waals surface area contributed by atoms with Gasteiger partial charge in [-0.2, -0.15) is 0 Å². The van der Waals surface area contributed by atoms with E-state index in [4.69, 9.17) is 4.99 Å². The van der Waals surface area contributed by atoms with Gasteiger partial charge in [-0.05, 0) is 48.4 Å². The number of hydrogen-bond acceptors (Lipinski definition) is 2. The second-order valence-electron chi connectivity index (χ2n) is 8.62. The van der Waals surface area contributed by atoms with E-state index in [-0.39, 0.29) is 5.91 Å². The third kappa shape index (κ3) is 5.75. The third-order valence-electron chi connectivity index (χ3n) is 6.26.